The van der Waals surface area contributed by atoms with E-state index in [9.17, 15) is 9.59 Å². The predicted octanol–water partition coefficient (Wildman–Crippen LogP) is 2.31. The van der Waals surface area contributed by atoms with E-state index in [4.69, 9.17) is 5.73 Å². The van der Waals surface area contributed by atoms with Crippen LogP contribution in [0.2, 0.25) is 0 Å². The van der Waals surface area contributed by atoms with Crippen LogP contribution in [0.1, 0.15) is 39.9 Å². The second-order valence-electron chi connectivity index (χ2n) is 6.89. The Hall–Kier alpha value is -2.74. The first-order valence-corrected chi connectivity index (χ1v) is 9.78. The fraction of sp³-hybridized carbons (Fsp3) is 0.368. The molecule has 1 atom stereocenters. The first-order valence-electron chi connectivity index (χ1n) is 8.97. The van der Waals surface area contributed by atoms with Gasteiger partial charge in [0.1, 0.15) is 12.4 Å². The number of amides is 2. The van der Waals surface area contributed by atoms with E-state index in [1.165, 1.54) is 0 Å². The molecular weight excluding hydrogens is 362 g/mol. The van der Waals surface area contributed by atoms with E-state index >= 15 is 0 Å². The van der Waals surface area contributed by atoms with Crippen molar-refractivity contribution in [3.63, 3.8) is 0 Å². The lowest BCUT2D eigenvalue weighted by Gasteiger charge is -2.32. The molecule has 0 spiro atoms. The van der Waals surface area contributed by atoms with Gasteiger partial charge >= 0.3 is 0 Å². The number of hydrogen-bond donors (Lipinski definition) is 1. The van der Waals surface area contributed by atoms with E-state index in [0.29, 0.717) is 12.1 Å². The number of aryl methyl sites for hydroxylation is 1. The number of hydrogen-bond acceptors (Lipinski definition) is 5. The number of imidazole rings is 1. The van der Waals surface area contributed by atoms with Gasteiger partial charge in [0.15, 0.2) is 0 Å². The third-order valence-corrected chi connectivity index (χ3v) is 5.84. The molecule has 0 saturated carbocycles. The second-order valence-corrected chi connectivity index (χ2v) is 8.12. The molecule has 7 nitrogen and oxygen atoms in total. The van der Waals surface area contributed by atoms with E-state index in [1.807, 2.05) is 30.0 Å². The monoisotopic (exact) mass is 383 g/mol. The van der Waals surface area contributed by atoms with Gasteiger partial charge in [-0.1, -0.05) is 0 Å². The second kappa shape index (κ2) is 7.11. The summed E-state index contributed by atoms with van der Waals surface area (Å²) in [5.74, 6) is 0.532. The average molecular weight is 383 g/mol. The molecule has 8 heteroatoms. The number of nitrogens with zero attached hydrogens (tertiary/aromatic N) is 4. The summed E-state index contributed by atoms with van der Waals surface area (Å²) in [6.45, 7) is 3.39. The number of thiazole rings is 1. The van der Waals surface area contributed by atoms with Crippen molar-refractivity contribution in [3.8, 4) is 0 Å². The molecule has 1 aromatic carbocycles. The lowest BCUT2D eigenvalue weighted by Crippen LogP contribution is -2.40. The van der Waals surface area contributed by atoms with Crippen LogP contribution in [0.25, 0.3) is 10.2 Å². The first-order chi connectivity index (χ1) is 13.0. The summed E-state index contributed by atoms with van der Waals surface area (Å²) >= 11 is 1.63. The number of aromatic nitrogens is 3. The molecule has 1 aliphatic rings. The zero-order valence-corrected chi connectivity index (χ0v) is 15.9. The van der Waals surface area contributed by atoms with Crippen LogP contribution in [0.4, 0.5) is 0 Å². The van der Waals surface area contributed by atoms with Gasteiger partial charge < -0.3 is 15.2 Å². The molecule has 4 rings (SSSR count). The van der Waals surface area contributed by atoms with E-state index in [-0.39, 0.29) is 18.4 Å². The maximum atomic E-state index is 13.0. The number of fused-ring (bicyclic) bond motifs is 1. The number of rotatable bonds is 4. The Bertz CT molecular complexity index is 1010. The van der Waals surface area contributed by atoms with Crippen LogP contribution >= 0.6 is 11.3 Å². The highest BCUT2D eigenvalue weighted by molar-refractivity contribution is 7.18. The first kappa shape index (κ1) is 17.7. The third kappa shape index (κ3) is 3.57. The number of piperidine rings is 1. The van der Waals surface area contributed by atoms with Crippen molar-refractivity contribution < 1.29 is 9.59 Å². The van der Waals surface area contributed by atoms with E-state index in [2.05, 4.69) is 9.97 Å². The largest absolute Gasteiger partial charge is 0.368 e. The van der Waals surface area contributed by atoms with E-state index in [1.54, 1.807) is 28.3 Å². The molecule has 0 bridgehead atoms. The standard InChI is InChI=1S/C19H21N5O2S/c1-12-22-15-9-13(4-5-16(15)27-12)19(26)24-7-2-3-14(10-24)18-21-6-8-23(18)11-17(20)25/h4-6,8-9,14H,2-3,7,10-11H2,1H3,(H2,20,25)/t14-/m1/s1. The zero-order valence-electron chi connectivity index (χ0n) is 15.1. The molecule has 2 N–H and O–H groups in total. The van der Waals surface area contributed by atoms with Crippen LogP contribution < -0.4 is 5.73 Å². The number of carbonyl (C=O) groups is 2. The van der Waals surface area contributed by atoms with Crippen molar-refractivity contribution in [2.24, 2.45) is 5.73 Å². The van der Waals surface area contributed by atoms with Crippen molar-refractivity contribution in [1.82, 2.24) is 19.4 Å². The van der Waals surface area contributed by atoms with Gasteiger partial charge in [-0.05, 0) is 38.0 Å². The SMILES string of the molecule is Cc1nc2cc(C(=O)N3CCC[C@@H](c4nccn4CC(N)=O)C3)ccc2s1. The average Bonchev–Trinajstić information content (AvgIpc) is 3.25. The van der Waals surface area contributed by atoms with Gasteiger partial charge in [0.25, 0.3) is 5.91 Å². The van der Waals surface area contributed by atoms with Crippen LogP contribution in [0.15, 0.2) is 30.6 Å². The highest BCUT2D eigenvalue weighted by atomic mass is 32.1. The van der Waals surface area contributed by atoms with Gasteiger partial charge in [-0.15, -0.1) is 11.3 Å². The van der Waals surface area contributed by atoms with Gasteiger partial charge in [0, 0.05) is 37.0 Å². The van der Waals surface area contributed by atoms with Crippen molar-refractivity contribution in [3.05, 3.63) is 47.0 Å². The summed E-state index contributed by atoms with van der Waals surface area (Å²) in [6, 6.07) is 5.72. The van der Waals surface area contributed by atoms with Crippen molar-refractivity contribution >= 4 is 33.4 Å². The summed E-state index contributed by atoms with van der Waals surface area (Å²) < 4.78 is 2.87. The number of nitrogens with two attached hydrogens (primary N) is 1. The summed E-state index contributed by atoms with van der Waals surface area (Å²) in [6.07, 6.45) is 5.28. The Labute approximate surface area is 160 Å². The molecule has 2 aromatic heterocycles. The number of likely N-dealkylation sites (tertiary alicyclic amines) is 1. The number of primary amides is 1. The maximum Gasteiger partial charge on any atom is 0.253 e. The summed E-state index contributed by atoms with van der Waals surface area (Å²) in [5, 5.41) is 0.994. The van der Waals surface area contributed by atoms with Crippen molar-refractivity contribution in [2.45, 2.75) is 32.2 Å². The lowest BCUT2D eigenvalue weighted by molar-refractivity contribution is -0.118. The summed E-state index contributed by atoms with van der Waals surface area (Å²) in [5.41, 5.74) is 6.85. The minimum Gasteiger partial charge on any atom is -0.368 e. The van der Waals surface area contributed by atoms with Crippen LogP contribution in [-0.2, 0) is 11.3 Å². The minimum atomic E-state index is -0.398. The van der Waals surface area contributed by atoms with Crippen LogP contribution in [0.5, 0.6) is 0 Å². The van der Waals surface area contributed by atoms with Gasteiger partial charge in [0.2, 0.25) is 5.91 Å². The third-order valence-electron chi connectivity index (χ3n) is 4.89. The Kier molecular flexibility index (Phi) is 4.65. The fourth-order valence-corrected chi connectivity index (χ4v) is 4.52. The van der Waals surface area contributed by atoms with Crippen LogP contribution in [0.3, 0.4) is 0 Å². The molecule has 3 heterocycles. The van der Waals surface area contributed by atoms with Crippen LogP contribution in [-0.4, -0.2) is 44.3 Å². The van der Waals surface area contributed by atoms with Gasteiger partial charge in [-0.25, -0.2) is 9.97 Å². The molecule has 0 aliphatic carbocycles. The molecule has 0 radical (unpaired) electrons. The van der Waals surface area contributed by atoms with E-state index in [0.717, 1.165) is 40.4 Å². The topological polar surface area (TPSA) is 94.1 Å². The van der Waals surface area contributed by atoms with Crippen LogP contribution in [0, 0.1) is 6.92 Å². The Morgan fingerprint density at radius 1 is 1.37 bits per heavy atom. The Balaban J connectivity index is 1.54. The number of benzene rings is 1. The quantitative estimate of drug-likeness (QED) is 0.748. The molecule has 27 heavy (non-hydrogen) atoms. The van der Waals surface area contributed by atoms with Gasteiger partial charge in [0.05, 0.1) is 15.2 Å². The molecule has 1 aliphatic heterocycles. The smallest absolute Gasteiger partial charge is 0.253 e. The zero-order chi connectivity index (χ0) is 19.0. The molecule has 3 aromatic rings. The highest BCUT2D eigenvalue weighted by Crippen LogP contribution is 2.28. The molecule has 1 saturated heterocycles. The van der Waals surface area contributed by atoms with E-state index < -0.39 is 5.91 Å². The lowest BCUT2D eigenvalue weighted by atomic mass is 9.96. The maximum absolute atomic E-state index is 13.0. The van der Waals surface area contributed by atoms with Gasteiger partial charge in [-0.3, -0.25) is 9.59 Å². The number of carbonyl (C=O) groups excluding carboxylic acids is 2. The van der Waals surface area contributed by atoms with Crippen molar-refractivity contribution in [2.75, 3.05) is 13.1 Å². The van der Waals surface area contributed by atoms with Crippen molar-refractivity contribution in [1.29, 1.82) is 0 Å². The predicted molar refractivity (Wildman–Crippen MR) is 104 cm³/mol. The van der Waals surface area contributed by atoms with Gasteiger partial charge in [-0.2, -0.15) is 0 Å². The molecule has 140 valence electrons. The molecule has 2 amide bonds. The highest BCUT2D eigenvalue weighted by Gasteiger charge is 2.28. The molecule has 1 fully saturated rings. The normalized spacial score (nSPS) is 17.4. The molecule has 0 unspecified atom stereocenters. The molecular formula is C19H21N5O2S. The minimum absolute atomic E-state index is 0.0141. The summed E-state index contributed by atoms with van der Waals surface area (Å²) in [4.78, 5) is 35.1. The Morgan fingerprint density at radius 3 is 3.04 bits per heavy atom. The Morgan fingerprint density at radius 2 is 2.22 bits per heavy atom. The fourth-order valence-electron chi connectivity index (χ4n) is 3.71. The summed E-state index contributed by atoms with van der Waals surface area (Å²) in [7, 11) is 0.